The molecule has 0 N–H and O–H groups in total. The molecule has 15 heavy (non-hydrogen) atoms. The van der Waals surface area contributed by atoms with Gasteiger partial charge >= 0.3 is 6.09 Å². The zero-order chi connectivity index (χ0) is 11.4. The van der Waals surface area contributed by atoms with Gasteiger partial charge in [0, 0.05) is 20.2 Å². The normalized spacial score (nSPS) is 10.2. The van der Waals surface area contributed by atoms with Crippen LogP contribution in [0.15, 0.2) is 24.5 Å². The standard InChI is InChI=1S/C11H17N2O2/c1-9(2)13-7-5-6-10(8-13)15-11(14)12(3)4/h5-9H,1-4H3/q+1. The van der Waals surface area contributed by atoms with Crippen molar-refractivity contribution in [3.8, 4) is 5.75 Å². The van der Waals surface area contributed by atoms with E-state index in [1.807, 2.05) is 23.0 Å². The van der Waals surface area contributed by atoms with E-state index in [1.165, 1.54) is 4.90 Å². The Morgan fingerprint density at radius 2 is 2.13 bits per heavy atom. The minimum absolute atomic E-state index is 0.350. The lowest BCUT2D eigenvalue weighted by Gasteiger charge is -2.10. The Hall–Kier alpha value is -1.58. The number of carbonyl (C=O) groups excluding carboxylic acids is 1. The molecule has 1 aromatic rings. The van der Waals surface area contributed by atoms with Crippen molar-refractivity contribution >= 4 is 6.09 Å². The van der Waals surface area contributed by atoms with Crippen LogP contribution >= 0.6 is 0 Å². The molecule has 1 rings (SSSR count). The fraction of sp³-hybridized carbons (Fsp3) is 0.455. The second kappa shape index (κ2) is 4.77. The smallest absolute Gasteiger partial charge is 0.404 e. The minimum Gasteiger partial charge on any atom is -0.404 e. The molecule has 0 saturated carbocycles. The highest BCUT2D eigenvalue weighted by molar-refractivity contribution is 5.69. The van der Waals surface area contributed by atoms with Gasteiger partial charge < -0.3 is 9.64 Å². The number of hydrogen-bond acceptors (Lipinski definition) is 2. The molecule has 4 heteroatoms. The number of pyridine rings is 1. The number of nitrogens with zero attached hydrogens (tertiary/aromatic N) is 2. The summed E-state index contributed by atoms with van der Waals surface area (Å²) in [6.45, 7) is 4.13. The summed E-state index contributed by atoms with van der Waals surface area (Å²) in [5.74, 6) is 0.560. The summed E-state index contributed by atoms with van der Waals surface area (Å²) in [5, 5.41) is 0. The number of aromatic nitrogens is 1. The largest absolute Gasteiger partial charge is 0.414 e. The molecule has 0 aliphatic heterocycles. The van der Waals surface area contributed by atoms with Gasteiger partial charge in [-0.25, -0.2) is 4.79 Å². The first-order valence-corrected chi connectivity index (χ1v) is 4.90. The minimum atomic E-state index is -0.364. The van der Waals surface area contributed by atoms with Crippen LogP contribution in [0.25, 0.3) is 0 Å². The van der Waals surface area contributed by atoms with Crippen LogP contribution in [0.4, 0.5) is 4.79 Å². The lowest BCUT2D eigenvalue weighted by Crippen LogP contribution is -2.35. The first-order valence-electron chi connectivity index (χ1n) is 4.90. The quantitative estimate of drug-likeness (QED) is 0.693. The fourth-order valence-corrected chi connectivity index (χ4v) is 1.04. The Morgan fingerprint density at radius 3 is 2.67 bits per heavy atom. The van der Waals surface area contributed by atoms with Crippen LogP contribution in [0.1, 0.15) is 19.9 Å². The third-order valence-corrected chi connectivity index (χ3v) is 1.96. The van der Waals surface area contributed by atoms with Crippen LogP contribution in [0, 0.1) is 0 Å². The van der Waals surface area contributed by atoms with E-state index in [4.69, 9.17) is 4.74 Å². The molecule has 0 unspecified atom stereocenters. The second-order valence-electron chi connectivity index (χ2n) is 3.84. The first kappa shape index (κ1) is 11.5. The lowest BCUT2D eigenvalue weighted by atomic mass is 10.3. The molecular weight excluding hydrogens is 192 g/mol. The third kappa shape index (κ3) is 3.23. The van der Waals surface area contributed by atoms with Crippen molar-refractivity contribution < 1.29 is 14.1 Å². The van der Waals surface area contributed by atoms with E-state index in [0.717, 1.165) is 0 Å². The number of ether oxygens (including phenoxy) is 1. The van der Waals surface area contributed by atoms with Crippen LogP contribution in [0.5, 0.6) is 5.75 Å². The van der Waals surface area contributed by atoms with Gasteiger partial charge in [-0.2, -0.15) is 4.57 Å². The van der Waals surface area contributed by atoms with Crippen molar-refractivity contribution in [1.82, 2.24) is 4.90 Å². The van der Waals surface area contributed by atoms with Crippen LogP contribution in [0.2, 0.25) is 0 Å². The van der Waals surface area contributed by atoms with Gasteiger partial charge in [0.2, 0.25) is 6.20 Å². The van der Waals surface area contributed by atoms with Crippen molar-refractivity contribution in [3.05, 3.63) is 24.5 Å². The molecular formula is C11H17N2O2+. The van der Waals surface area contributed by atoms with Crippen LogP contribution < -0.4 is 9.30 Å². The highest BCUT2D eigenvalue weighted by Gasteiger charge is 2.11. The molecule has 0 fully saturated rings. The molecule has 0 atom stereocenters. The van der Waals surface area contributed by atoms with Crippen molar-refractivity contribution in [3.63, 3.8) is 0 Å². The van der Waals surface area contributed by atoms with E-state index >= 15 is 0 Å². The average molecular weight is 209 g/mol. The Balaban J connectivity index is 2.78. The van der Waals surface area contributed by atoms with E-state index < -0.39 is 0 Å². The predicted octanol–water partition coefficient (Wildman–Crippen LogP) is 1.62. The van der Waals surface area contributed by atoms with Gasteiger partial charge in [0.05, 0.1) is 0 Å². The van der Waals surface area contributed by atoms with Gasteiger partial charge in [0.25, 0.3) is 0 Å². The molecule has 0 saturated heterocycles. The van der Waals surface area contributed by atoms with E-state index in [2.05, 4.69) is 13.8 Å². The maximum absolute atomic E-state index is 11.3. The van der Waals surface area contributed by atoms with Crippen molar-refractivity contribution in [2.45, 2.75) is 19.9 Å². The summed E-state index contributed by atoms with van der Waals surface area (Å²) in [6.07, 6.45) is 3.39. The lowest BCUT2D eigenvalue weighted by molar-refractivity contribution is -0.716. The SMILES string of the molecule is CC(C)[n+]1cccc(OC(=O)N(C)C)c1. The maximum Gasteiger partial charge on any atom is 0.414 e. The summed E-state index contributed by atoms with van der Waals surface area (Å²) in [4.78, 5) is 12.7. The van der Waals surface area contributed by atoms with Gasteiger partial charge in [-0.15, -0.1) is 0 Å². The topological polar surface area (TPSA) is 33.4 Å². The van der Waals surface area contributed by atoms with Crippen LogP contribution in [-0.4, -0.2) is 25.1 Å². The summed E-state index contributed by atoms with van der Waals surface area (Å²) in [5.41, 5.74) is 0. The monoisotopic (exact) mass is 209 g/mol. The highest BCUT2D eigenvalue weighted by Crippen LogP contribution is 2.08. The summed E-state index contributed by atoms with van der Waals surface area (Å²) in [7, 11) is 3.31. The molecule has 0 aliphatic carbocycles. The third-order valence-electron chi connectivity index (χ3n) is 1.96. The molecule has 82 valence electrons. The van der Waals surface area contributed by atoms with Crippen molar-refractivity contribution in [1.29, 1.82) is 0 Å². The van der Waals surface area contributed by atoms with E-state index in [-0.39, 0.29) is 6.09 Å². The zero-order valence-corrected chi connectivity index (χ0v) is 9.60. The number of rotatable bonds is 2. The molecule has 0 spiro atoms. The molecule has 0 bridgehead atoms. The first-order chi connectivity index (χ1) is 7.00. The molecule has 0 aromatic carbocycles. The number of hydrogen-bond donors (Lipinski definition) is 0. The number of amides is 1. The average Bonchev–Trinajstić information content (AvgIpc) is 2.18. The van der Waals surface area contributed by atoms with Crippen LogP contribution in [-0.2, 0) is 0 Å². The van der Waals surface area contributed by atoms with Gasteiger partial charge in [-0.05, 0) is 19.9 Å². The zero-order valence-electron chi connectivity index (χ0n) is 9.60. The predicted molar refractivity (Wildman–Crippen MR) is 56.7 cm³/mol. The van der Waals surface area contributed by atoms with E-state index in [9.17, 15) is 4.79 Å². The summed E-state index contributed by atoms with van der Waals surface area (Å²) < 4.78 is 7.12. The van der Waals surface area contributed by atoms with Crippen molar-refractivity contribution in [2.24, 2.45) is 0 Å². The molecule has 1 heterocycles. The van der Waals surface area contributed by atoms with E-state index in [1.54, 1.807) is 20.2 Å². The molecule has 4 nitrogen and oxygen atoms in total. The molecule has 1 aromatic heterocycles. The second-order valence-corrected chi connectivity index (χ2v) is 3.84. The number of carbonyl (C=O) groups is 1. The van der Waals surface area contributed by atoms with E-state index in [0.29, 0.717) is 11.8 Å². The summed E-state index contributed by atoms with van der Waals surface area (Å²) >= 11 is 0. The van der Waals surface area contributed by atoms with Crippen LogP contribution in [0.3, 0.4) is 0 Å². The molecule has 1 amide bonds. The van der Waals surface area contributed by atoms with Gasteiger partial charge in [0.1, 0.15) is 0 Å². The van der Waals surface area contributed by atoms with Gasteiger partial charge in [-0.1, -0.05) is 0 Å². The maximum atomic E-state index is 11.3. The Morgan fingerprint density at radius 1 is 1.47 bits per heavy atom. The Labute approximate surface area is 90.1 Å². The van der Waals surface area contributed by atoms with Gasteiger partial charge in [0.15, 0.2) is 18.0 Å². The molecule has 0 aliphatic rings. The Bertz CT molecular complexity index is 348. The highest BCUT2D eigenvalue weighted by atomic mass is 16.6. The Kier molecular flexibility index (Phi) is 3.66. The summed E-state index contributed by atoms with van der Waals surface area (Å²) in [6, 6.07) is 3.97. The van der Waals surface area contributed by atoms with Crippen molar-refractivity contribution in [2.75, 3.05) is 14.1 Å². The molecule has 0 radical (unpaired) electrons. The van der Waals surface area contributed by atoms with Gasteiger partial charge in [-0.3, -0.25) is 0 Å². The fourth-order valence-electron chi connectivity index (χ4n) is 1.04.